The molecule has 0 bridgehead atoms. The number of fused-ring (bicyclic) bond motifs is 1. The zero-order valence-electron chi connectivity index (χ0n) is 15.0. The number of nitrogens with zero attached hydrogens (tertiary/aromatic N) is 1. The van der Waals surface area contributed by atoms with Crippen LogP contribution in [0, 0.1) is 6.92 Å². The Morgan fingerprint density at radius 1 is 1.04 bits per heavy atom. The molecule has 1 aromatic heterocycles. The number of carbonyl (C=O) groups is 1. The van der Waals surface area contributed by atoms with E-state index in [2.05, 4.69) is 10.3 Å². The lowest BCUT2D eigenvalue weighted by molar-refractivity contribution is 0.102. The van der Waals surface area contributed by atoms with Crippen LogP contribution in [0.5, 0.6) is 5.75 Å². The number of hydrogen-bond donors (Lipinski definition) is 1. The Labute approximate surface area is 156 Å². The number of methoxy groups -OCH3 is 1. The molecular formula is C22H18N2O3. The average Bonchev–Trinajstić information content (AvgIpc) is 3.12. The first kappa shape index (κ1) is 16.8. The second-order valence-electron chi connectivity index (χ2n) is 6.23. The normalized spacial score (nSPS) is 10.7. The minimum absolute atomic E-state index is 0.202. The Morgan fingerprint density at radius 2 is 1.89 bits per heavy atom. The van der Waals surface area contributed by atoms with Crippen LogP contribution in [0.25, 0.3) is 22.6 Å². The number of hydrogen-bond acceptors (Lipinski definition) is 4. The van der Waals surface area contributed by atoms with Gasteiger partial charge >= 0.3 is 0 Å². The highest BCUT2D eigenvalue weighted by atomic mass is 16.5. The number of anilines is 1. The maximum absolute atomic E-state index is 12.6. The van der Waals surface area contributed by atoms with Crippen LogP contribution in [0.4, 0.5) is 5.69 Å². The predicted octanol–water partition coefficient (Wildman–Crippen LogP) is 5.06. The molecule has 134 valence electrons. The third-order valence-corrected chi connectivity index (χ3v) is 4.27. The van der Waals surface area contributed by atoms with Gasteiger partial charge in [0, 0.05) is 11.1 Å². The Balaban J connectivity index is 1.69. The average molecular weight is 358 g/mol. The predicted molar refractivity (Wildman–Crippen MR) is 105 cm³/mol. The highest BCUT2D eigenvalue weighted by molar-refractivity contribution is 6.05. The fraction of sp³-hybridized carbons (Fsp3) is 0.0909. The second kappa shape index (κ2) is 6.96. The Morgan fingerprint density at radius 3 is 2.67 bits per heavy atom. The van der Waals surface area contributed by atoms with Crippen molar-refractivity contribution in [3.05, 3.63) is 77.9 Å². The monoisotopic (exact) mass is 358 g/mol. The van der Waals surface area contributed by atoms with Crippen molar-refractivity contribution in [2.45, 2.75) is 6.92 Å². The summed E-state index contributed by atoms with van der Waals surface area (Å²) in [7, 11) is 1.57. The number of nitrogens with one attached hydrogen (secondary N) is 1. The molecule has 0 spiro atoms. The Hall–Kier alpha value is -3.60. The summed E-state index contributed by atoms with van der Waals surface area (Å²) in [5.41, 5.74) is 4.43. The first-order valence-corrected chi connectivity index (χ1v) is 8.56. The number of carbonyl (C=O) groups excluding carboxylic acids is 1. The van der Waals surface area contributed by atoms with Crippen molar-refractivity contribution in [1.29, 1.82) is 0 Å². The van der Waals surface area contributed by atoms with E-state index in [1.807, 2.05) is 55.5 Å². The molecule has 5 nitrogen and oxygen atoms in total. The van der Waals surface area contributed by atoms with Crippen LogP contribution in [0.1, 0.15) is 15.9 Å². The van der Waals surface area contributed by atoms with Gasteiger partial charge in [0.25, 0.3) is 5.91 Å². The molecule has 0 radical (unpaired) electrons. The van der Waals surface area contributed by atoms with Crippen molar-refractivity contribution in [3.8, 4) is 17.2 Å². The van der Waals surface area contributed by atoms with E-state index in [-0.39, 0.29) is 5.91 Å². The maximum atomic E-state index is 12.6. The molecule has 4 aromatic rings. The molecule has 3 aromatic carbocycles. The highest BCUT2D eigenvalue weighted by Gasteiger charge is 2.14. The molecule has 1 amide bonds. The molecule has 0 aliphatic heterocycles. The van der Waals surface area contributed by atoms with Crippen molar-refractivity contribution in [2.75, 3.05) is 12.4 Å². The van der Waals surface area contributed by atoms with E-state index in [1.165, 1.54) is 0 Å². The fourth-order valence-electron chi connectivity index (χ4n) is 2.92. The minimum atomic E-state index is -0.202. The molecule has 5 heteroatoms. The largest absolute Gasteiger partial charge is 0.495 e. The van der Waals surface area contributed by atoms with Crippen molar-refractivity contribution >= 4 is 22.7 Å². The molecule has 4 rings (SSSR count). The molecule has 1 heterocycles. The third kappa shape index (κ3) is 3.40. The Kier molecular flexibility index (Phi) is 4.34. The quantitative estimate of drug-likeness (QED) is 0.553. The SMILES string of the molecule is COc1ccc(-c2nc3ccccc3o2)cc1NC(=O)c1cccc(C)c1. The summed E-state index contributed by atoms with van der Waals surface area (Å²) < 4.78 is 11.2. The zero-order valence-corrected chi connectivity index (χ0v) is 15.0. The van der Waals surface area contributed by atoms with Gasteiger partial charge in [-0.1, -0.05) is 29.8 Å². The van der Waals surface area contributed by atoms with Crippen LogP contribution in [0.2, 0.25) is 0 Å². The van der Waals surface area contributed by atoms with Gasteiger partial charge < -0.3 is 14.5 Å². The number of oxazole rings is 1. The Bertz CT molecular complexity index is 1100. The summed E-state index contributed by atoms with van der Waals surface area (Å²) in [5.74, 6) is 0.854. The molecule has 0 fully saturated rings. The van der Waals surface area contributed by atoms with E-state index in [9.17, 15) is 4.79 Å². The van der Waals surface area contributed by atoms with Crippen LogP contribution in [-0.4, -0.2) is 18.0 Å². The topological polar surface area (TPSA) is 64.4 Å². The second-order valence-corrected chi connectivity index (χ2v) is 6.23. The van der Waals surface area contributed by atoms with Gasteiger partial charge in [-0.3, -0.25) is 4.79 Å². The fourth-order valence-corrected chi connectivity index (χ4v) is 2.92. The van der Waals surface area contributed by atoms with Crippen LogP contribution in [0.15, 0.2) is 71.1 Å². The van der Waals surface area contributed by atoms with Crippen LogP contribution in [-0.2, 0) is 0 Å². The van der Waals surface area contributed by atoms with E-state index in [0.29, 0.717) is 28.5 Å². The molecule has 1 N–H and O–H groups in total. The molecule has 0 atom stereocenters. The maximum Gasteiger partial charge on any atom is 0.255 e. The lowest BCUT2D eigenvalue weighted by atomic mass is 10.1. The molecule has 0 saturated heterocycles. The number of benzene rings is 3. The van der Waals surface area contributed by atoms with Crippen molar-refractivity contribution in [2.24, 2.45) is 0 Å². The zero-order chi connectivity index (χ0) is 18.8. The minimum Gasteiger partial charge on any atom is -0.495 e. The van der Waals surface area contributed by atoms with Gasteiger partial charge in [-0.05, 0) is 49.4 Å². The molecule has 0 aliphatic carbocycles. The number of amides is 1. The van der Waals surface area contributed by atoms with E-state index < -0.39 is 0 Å². The van der Waals surface area contributed by atoms with E-state index >= 15 is 0 Å². The van der Waals surface area contributed by atoms with Gasteiger partial charge in [0.05, 0.1) is 12.8 Å². The lowest BCUT2D eigenvalue weighted by Crippen LogP contribution is -2.12. The van der Waals surface area contributed by atoms with Crippen molar-refractivity contribution < 1.29 is 13.9 Å². The van der Waals surface area contributed by atoms with E-state index in [1.54, 1.807) is 25.3 Å². The lowest BCUT2D eigenvalue weighted by Gasteiger charge is -2.11. The number of ether oxygens (including phenoxy) is 1. The van der Waals surface area contributed by atoms with E-state index in [0.717, 1.165) is 16.6 Å². The van der Waals surface area contributed by atoms with Gasteiger partial charge in [-0.25, -0.2) is 4.98 Å². The number of aryl methyl sites for hydroxylation is 1. The smallest absolute Gasteiger partial charge is 0.255 e. The molecule has 0 aliphatic rings. The van der Waals surface area contributed by atoms with Gasteiger partial charge in [0.2, 0.25) is 5.89 Å². The number of rotatable bonds is 4. The van der Waals surface area contributed by atoms with Gasteiger partial charge in [-0.2, -0.15) is 0 Å². The van der Waals surface area contributed by atoms with Crippen molar-refractivity contribution in [3.63, 3.8) is 0 Å². The number of aromatic nitrogens is 1. The summed E-state index contributed by atoms with van der Waals surface area (Å²) in [6.07, 6.45) is 0. The van der Waals surface area contributed by atoms with Crippen LogP contribution < -0.4 is 10.1 Å². The third-order valence-electron chi connectivity index (χ3n) is 4.27. The first-order valence-electron chi connectivity index (χ1n) is 8.56. The van der Waals surface area contributed by atoms with Crippen molar-refractivity contribution in [1.82, 2.24) is 4.98 Å². The van der Waals surface area contributed by atoms with Gasteiger partial charge in [0.1, 0.15) is 11.3 Å². The highest BCUT2D eigenvalue weighted by Crippen LogP contribution is 2.32. The molecule has 0 unspecified atom stereocenters. The first-order chi connectivity index (χ1) is 13.1. The molecule has 0 saturated carbocycles. The summed E-state index contributed by atoms with van der Waals surface area (Å²) in [6, 6.07) is 20.4. The van der Waals surface area contributed by atoms with Gasteiger partial charge in [0.15, 0.2) is 5.58 Å². The van der Waals surface area contributed by atoms with E-state index in [4.69, 9.17) is 9.15 Å². The molecule has 27 heavy (non-hydrogen) atoms. The summed E-state index contributed by atoms with van der Waals surface area (Å²) in [6.45, 7) is 1.95. The van der Waals surface area contributed by atoms with Crippen LogP contribution >= 0.6 is 0 Å². The number of para-hydroxylation sites is 2. The summed E-state index contributed by atoms with van der Waals surface area (Å²) in [4.78, 5) is 17.1. The molecular weight excluding hydrogens is 340 g/mol. The summed E-state index contributed by atoms with van der Waals surface area (Å²) in [5, 5.41) is 2.92. The van der Waals surface area contributed by atoms with Crippen LogP contribution in [0.3, 0.4) is 0 Å². The standard InChI is InChI=1S/C22H18N2O3/c1-14-6-5-7-15(12-14)21(25)23-18-13-16(10-11-19(18)26-2)22-24-17-8-3-4-9-20(17)27-22/h3-13H,1-2H3,(H,23,25). The van der Waals surface area contributed by atoms with Gasteiger partial charge in [-0.15, -0.1) is 0 Å². The summed E-state index contributed by atoms with van der Waals surface area (Å²) >= 11 is 0.